The molecule has 0 atom stereocenters. The van der Waals surface area contributed by atoms with Crippen LogP contribution in [0.5, 0.6) is 5.75 Å². The summed E-state index contributed by atoms with van der Waals surface area (Å²) in [7, 11) is 1.69. The van der Waals surface area contributed by atoms with Crippen LogP contribution in [0, 0.1) is 0 Å². The van der Waals surface area contributed by atoms with Crippen molar-refractivity contribution in [2.24, 2.45) is 5.73 Å². The summed E-state index contributed by atoms with van der Waals surface area (Å²) < 4.78 is 5.24. The molecule has 0 bridgehead atoms. The molecule has 1 rings (SSSR count). The van der Waals surface area contributed by atoms with E-state index in [2.05, 4.69) is 11.4 Å². The molecule has 0 radical (unpaired) electrons. The molecule has 0 unspecified atom stereocenters. The van der Waals surface area contributed by atoms with E-state index in [1.165, 1.54) is 5.56 Å². The van der Waals surface area contributed by atoms with E-state index in [4.69, 9.17) is 10.5 Å². The molecule has 1 aromatic carbocycles. The number of hydrogen-bond donors (Lipinski definition) is 2. The third-order valence-corrected chi connectivity index (χ3v) is 2.07. The third kappa shape index (κ3) is 3.36. The fraction of sp³-hybridized carbons (Fsp3) is 0.455. The molecule has 0 aliphatic heterocycles. The Balaban J connectivity index is 2.41. The second-order valence-corrected chi connectivity index (χ2v) is 3.13. The Kier molecular flexibility index (Phi) is 5.04. The van der Waals surface area contributed by atoms with Crippen molar-refractivity contribution in [3.05, 3.63) is 29.8 Å². The van der Waals surface area contributed by atoms with E-state index in [-0.39, 0.29) is 0 Å². The summed E-state index contributed by atoms with van der Waals surface area (Å²) in [6.07, 6.45) is 1.01. The fourth-order valence-corrected chi connectivity index (χ4v) is 1.30. The number of methoxy groups -OCH3 is 1. The van der Waals surface area contributed by atoms with Gasteiger partial charge in [-0.1, -0.05) is 18.2 Å². The van der Waals surface area contributed by atoms with Gasteiger partial charge in [-0.3, -0.25) is 0 Å². The van der Waals surface area contributed by atoms with Crippen molar-refractivity contribution < 1.29 is 4.74 Å². The van der Waals surface area contributed by atoms with Crippen molar-refractivity contribution in [2.45, 2.75) is 13.0 Å². The summed E-state index contributed by atoms with van der Waals surface area (Å²) in [6, 6.07) is 8.03. The number of para-hydroxylation sites is 1. The Morgan fingerprint density at radius 1 is 1.36 bits per heavy atom. The summed E-state index contributed by atoms with van der Waals surface area (Å²) in [4.78, 5) is 0. The average molecular weight is 194 g/mol. The van der Waals surface area contributed by atoms with Crippen molar-refractivity contribution in [3.63, 3.8) is 0 Å². The summed E-state index contributed by atoms with van der Waals surface area (Å²) in [6.45, 7) is 2.53. The Morgan fingerprint density at radius 3 is 2.86 bits per heavy atom. The summed E-state index contributed by atoms with van der Waals surface area (Å²) in [5.74, 6) is 0.938. The number of rotatable bonds is 6. The molecule has 0 saturated heterocycles. The van der Waals surface area contributed by atoms with Gasteiger partial charge in [0.15, 0.2) is 0 Å². The molecule has 0 amide bonds. The molecule has 78 valence electrons. The topological polar surface area (TPSA) is 47.3 Å². The maximum absolute atomic E-state index is 5.40. The average Bonchev–Trinajstić information content (AvgIpc) is 2.25. The zero-order chi connectivity index (χ0) is 10.2. The summed E-state index contributed by atoms with van der Waals surface area (Å²) in [5, 5.41) is 3.32. The molecule has 0 spiro atoms. The first-order valence-electron chi connectivity index (χ1n) is 4.91. The van der Waals surface area contributed by atoms with Crippen LogP contribution in [0.1, 0.15) is 12.0 Å². The van der Waals surface area contributed by atoms with Crippen molar-refractivity contribution >= 4 is 0 Å². The lowest BCUT2D eigenvalue weighted by Crippen LogP contribution is -2.18. The monoisotopic (exact) mass is 194 g/mol. The quantitative estimate of drug-likeness (QED) is 0.667. The molecule has 0 heterocycles. The number of nitrogens with two attached hydrogens (primary N) is 1. The van der Waals surface area contributed by atoms with E-state index in [0.717, 1.165) is 31.8 Å². The number of nitrogens with one attached hydrogen (secondary N) is 1. The van der Waals surface area contributed by atoms with Gasteiger partial charge in [-0.2, -0.15) is 0 Å². The van der Waals surface area contributed by atoms with Gasteiger partial charge in [0.2, 0.25) is 0 Å². The minimum absolute atomic E-state index is 0.735. The minimum atomic E-state index is 0.735. The first-order chi connectivity index (χ1) is 6.88. The van der Waals surface area contributed by atoms with Crippen LogP contribution in [0.2, 0.25) is 0 Å². The molecule has 0 fully saturated rings. The fourth-order valence-electron chi connectivity index (χ4n) is 1.30. The largest absolute Gasteiger partial charge is 0.496 e. The Labute approximate surface area is 85.3 Å². The normalized spacial score (nSPS) is 10.1. The standard InChI is InChI=1S/C11H18N2O/c1-14-11-6-3-2-5-10(11)9-13-8-4-7-12/h2-3,5-6,13H,4,7-9,12H2,1H3. The molecule has 0 saturated carbocycles. The molecule has 1 aromatic rings. The second-order valence-electron chi connectivity index (χ2n) is 3.13. The molecule has 0 aliphatic carbocycles. The number of benzene rings is 1. The van der Waals surface area contributed by atoms with E-state index >= 15 is 0 Å². The van der Waals surface area contributed by atoms with Crippen LogP contribution in [0.4, 0.5) is 0 Å². The molecule has 14 heavy (non-hydrogen) atoms. The van der Waals surface area contributed by atoms with E-state index in [0.29, 0.717) is 0 Å². The van der Waals surface area contributed by atoms with E-state index in [9.17, 15) is 0 Å². The van der Waals surface area contributed by atoms with E-state index in [1.54, 1.807) is 7.11 Å². The molecule has 0 aromatic heterocycles. The van der Waals surface area contributed by atoms with E-state index < -0.39 is 0 Å². The lowest BCUT2D eigenvalue weighted by atomic mass is 10.2. The van der Waals surface area contributed by atoms with Crippen LogP contribution in [-0.4, -0.2) is 20.2 Å². The second kappa shape index (κ2) is 6.40. The van der Waals surface area contributed by atoms with Crippen LogP contribution in [0.3, 0.4) is 0 Å². The molecular weight excluding hydrogens is 176 g/mol. The zero-order valence-corrected chi connectivity index (χ0v) is 8.62. The zero-order valence-electron chi connectivity index (χ0n) is 8.62. The SMILES string of the molecule is COc1ccccc1CNCCCN. The Morgan fingerprint density at radius 2 is 2.14 bits per heavy atom. The van der Waals surface area contributed by atoms with Crippen LogP contribution >= 0.6 is 0 Å². The Bertz CT molecular complexity index is 263. The number of ether oxygens (including phenoxy) is 1. The summed E-state index contributed by atoms with van der Waals surface area (Å²) in [5.41, 5.74) is 6.59. The van der Waals surface area contributed by atoms with Gasteiger partial charge in [0.1, 0.15) is 5.75 Å². The van der Waals surface area contributed by atoms with Gasteiger partial charge in [-0.15, -0.1) is 0 Å². The highest BCUT2D eigenvalue weighted by Gasteiger charge is 1.99. The third-order valence-electron chi connectivity index (χ3n) is 2.07. The lowest BCUT2D eigenvalue weighted by Gasteiger charge is -2.08. The van der Waals surface area contributed by atoms with E-state index in [1.807, 2.05) is 18.2 Å². The minimum Gasteiger partial charge on any atom is -0.496 e. The summed E-state index contributed by atoms with van der Waals surface area (Å²) >= 11 is 0. The molecular formula is C11H18N2O. The van der Waals surface area contributed by atoms with Crippen molar-refractivity contribution in [1.82, 2.24) is 5.32 Å². The van der Waals surface area contributed by atoms with Gasteiger partial charge >= 0.3 is 0 Å². The van der Waals surface area contributed by atoms with Crippen LogP contribution in [-0.2, 0) is 6.54 Å². The highest BCUT2D eigenvalue weighted by molar-refractivity contribution is 5.32. The van der Waals surface area contributed by atoms with Crippen LogP contribution in [0.15, 0.2) is 24.3 Å². The molecule has 3 heteroatoms. The lowest BCUT2D eigenvalue weighted by molar-refractivity contribution is 0.407. The van der Waals surface area contributed by atoms with Gasteiger partial charge in [0, 0.05) is 12.1 Å². The van der Waals surface area contributed by atoms with Crippen LogP contribution < -0.4 is 15.8 Å². The van der Waals surface area contributed by atoms with Crippen LogP contribution in [0.25, 0.3) is 0 Å². The van der Waals surface area contributed by atoms with Crippen molar-refractivity contribution in [3.8, 4) is 5.75 Å². The van der Waals surface area contributed by atoms with Crippen molar-refractivity contribution in [2.75, 3.05) is 20.2 Å². The van der Waals surface area contributed by atoms with Gasteiger partial charge in [0.05, 0.1) is 7.11 Å². The molecule has 3 N–H and O–H groups in total. The first-order valence-corrected chi connectivity index (χ1v) is 4.91. The maximum atomic E-state index is 5.40. The maximum Gasteiger partial charge on any atom is 0.123 e. The van der Waals surface area contributed by atoms with Gasteiger partial charge < -0.3 is 15.8 Å². The predicted molar refractivity (Wildman–Crippen MR) is 58.4 cm³/mol. The van der Waals surface area contributed by atoms with Gasteiger partial charge in [-0.05, 0) is 25.6 Å². The Hall–Kier alpha value is -1.06. The molecule has 3 nitrogen and oxygen atoms in total. The van der Waals surface area contributed by atoms with Gasteiger partial charge in [-0.25, -0.2) is 0 Å². The van der Waals surface area contributed by atoms with Crippen molar-refractivity contribution in [1.29, 1.82) is 0 Å². The highest BCUT2D eigenvalue weighted by Crippen LogP contribution is 2.16. The molecule has 0 aliphatic rings. The highest BCUT2D eigenvalue weighted by atomic mass is 16.5. The first kappa shape index (κ1) is 11.0. The number of hydrogen-bond acceptors (Lipinski definition) is 3. The van der Waals surface area contributed by atoms with Gasteiger partial charge in [0.25, 0.3) is 0 Å². The smallest absolute Gasteiger partial charge is 0.123 e. The predicted octanol–water partition coefficient (Wildman–Crippen LogP) is 1.13.